The minimum atomic E-state index is 1.03. The van der Waals surface area contributed by atoms with Crippen LogP contribution in [0, 0.1) is 3.70 Å². The molecular formula is C6H4IN3. The van der Waals surface area contributed by atoms with Gasteiger partial charge in [0.05, 0.1) is 11.7 Å². The van der Waals surface area contributed by atoms with Gasteiger partial charge in [0.25, 0.3) is 0 Å². The smallest absolute Gasteiger partial charge is 0.105 e. The van der Waals surface area contributed by atoms with Crippen LogP contribution in [0.5, 0.6) is 0 Å². The molecular weight excluding hydrogens is 241 g/mol. The average molecular weight is 245 g/mol. The zero-order valence-electron chi connectivity index (χ0n) is 5.03. The van der Waals surface area contributed by atoms with Crippen LogP contribution in [0.15, 0.2) is 24.4 Å². The highest BCUT2D eigenvalue weighted by molar-refractivity contribution is 14.1. The lowest BCUT2D eigenvalue weighted by Gasteiger charge is -1.91. The van der Waals surface area contributed by atoms with Crippen LogP contribution in [0.2, 0.25) is 0 Å². The Morgan fingerprint density at radius 2 is 2.30 bits per heavy atom. The maximum absolute atomic E-state index is 3.88. The van der Waals surface area contributed by atoms with Crippen molar-refractivity contribution in [1.29, 1.82) is 0 Å². The van der Waals surface area contributed by atoms with Crippen LogP contribution in [0.1, 0.15) is 0 Å². The lowest BCUT2D eigenvalue weighted by Crippen LogP contribution is -1.90. The summed E-state index contributed by atoms with van der Waals surface area (Å²) in [4.78, 5) is 0. The summed E-state index contributed by atoms with van der Waals surface area (Å²) in [6.45, 7) is 0. The minimum Gasteiger partial charge on any atom is -0.207 e. The van der Waals surface area contributed by atoms with Gasteiger partial charge in [-0.05, 0) is 34.7 Å². The number of rotatable bonds is 0. The molecule has 4 heteroatoms. The van der Waals surface area contributed by atoms with E-state index in [2.05, 4.69) is 32.9 Å². The summed E-state index contributed by atoms with van der Waals surface area (Å²) in [5.41, 5.74) is 1.03. The number of hydrogen-bond donors (Lipinski definition) is 0. The van der Waals surface area contributed by atoms with E-state index in [1.807, 2.05) is 18.2 Å². The number of hydrogen-bond acceptors (Lipinski definition) is 2. The summed E-state index contributed by atoms with van der Waals surface area (Å²) in [7, 11) is 0. The fourth-order valence-electron chi connectivity index (χ4n) is 0.819. The molecule has 10 heavy (non-hydrogen) atoms. The van der Waals surface area contributed by atoms with Crippen LogP contribution in [-0.4, -0.2) is 14.8 Å². The van der Waals surface area contributed by atoms with E-state index >= 15 is 0 Å². The molecule has 0 fully saturated rings. The van der Waals surface area contributed by atoms with Crippen molar-refractivity contribution in [3.63, 3.8) is 0 Å². The molecule has 2 rings (SSSR count). The normalized spacial score (nSPS) is 10.5. The molecule has 0 radical (unpaired) electrons. The first kappa shape index (κ1) is 6.09. The van der Waals surface area contributed by atoms with E-state index in [0.29, 0.717) is 0 Å². The standard InChI is InChI=1S/C6H4IN3/c7-6-3-1-2-5-4-8-9-10(5)6/h1-4H. The molecule has 0 atom stereocenters. The van der Waals surface area contributed by atoms with Crippen molar-refractivity contribution in [2.45, 2.75) is 0 Å². The Morgan fingerprint density at radius 1 is 1.40 bits per heavy atom. The third kappa shape index (κ3) is 0.792. The van der Waals surface area contributed by atoms with E-state index in [4.69, 9.17) is 0 Å². The molecule has 0 aliphatic carbocycles. The quantitative estimate of drug-likeness (QED) is 0.517. The highest BCUT2D eigenvalue weighted by Gasteiger charge is 1.95. The van der Waals surface area contributed by atoms with Gasteiger partial charge in [-0.3, -0.25) is 0 Å². The maximum atomic E-state index is 3.88. The van der Waals surface area contributed by atoms with Crippen LogP contribution in [0.3, 0.4) is 0 Å². The van der Waals surface area contributed by atoms with Crippen molar-refractivity contribution in [3.8, 4) is 0 Å². The number of halogens is 1. The van der Waals surface area contributed by atoms with Gasteiger partial charge in [0.1, 0.15) is 3.70 Å². The summed E-state index contributed by atoms with van der Waals surface area (Å²) in [6, 6.07) is 5.95. The first-order valence-corrected chi connectivity index (χ1v) is 3.91. The molecule has 3 nitrogen and oxygen atoms in total. The summed E-state index contributed by atoms with van der Waals surface area (Å²) in [5.74, 6) is 0. The number of aromatic nitrogens is 3. The second kappa shape index (κ2) is 2.19. The van der Waals surface area contributed by atoms with Gasteiger partial charge >= 0.3 is 0 Å². The SMILES string of the molecule is Ic1cccc2cnnn12. The molecule has 0 aliphatic rings. The van der Waals surface area contributed by atoms with Crippen molar-refractivity contribution in [2.24, 2.45) is 0 Å². The summed E-state index contributed by atoms with van der Waals surface area (Å²) in [5, 5.41) is 7.65. The number of nitrogens with zero attached hydrogens (tertiary/aromatic N) is 3. The Bertz CT molecular complexity index is 355. The zero-order chi connectivity index (χ0) is 6.97. The van der Waals surface area contributed by atoms with Gasteiger partial charge in [-0.2, -0.15) is 0 Å². The predicted molar refractivity (Wildman–Crippen MR) is 45.7 cm³/mol. The molecule has 2 heterocycles. The van der Waals surface area contributed by atoms with Crippen LogP contribution >= 0.6 is 22.6 Å². The average Bonchev–Trinajstić information content (AvgIpc) is 2.36. The van der Waals surface area contributed by atoms with E-state index in [0.717, 1.165) is 9.22 Å². The molecule has 0 bridgehead atoms. The van der Waals surface area contributed by atoms with Gasteiger partial charge in [-0.1, -0.05) is 11.3 Å². The topological polar surface area (TPSA) is 30.2 Å². The van der Waals surface area contributed by atoms with E-state index in [1.165, 1.54) is 0 Å². The van der Waals surface area contributed by atoms with Gasteiger partial charge < -0.3 is 0 Å². The Balaban J connectivity index is 2.95. The molecule has 0 saturated heterocycles. The number of fused-ring (bicyclic) bond motifs is 1. The second-order valence-corrected chi connectivity index (χ2v) is 3.02. The molecule has 0 aromatic carbocycles. The van der Waals surface area contributed by atoms with Crippen LogP contribution in [0.25, 0.3) is 5.52 Å². The fraction of sp³-hybridized carbons (Fsp3) is 0. The van der Waals surface area contributed by atoms with Crippen molar-refractivity contribution >= 4 is 28.1 Å². The second-order valence-electron chi connectivity index (χ2n) is 1.92. The van der Waals surface area contributed by atoms with E-state index < -0.39 is 0 Å². The summed E-state index contributed by atoms with van der Waals surface area (Å²) >= 11 is 2.22. The Labute approximate surface area is 71.2 Å². The molecule has 0 aliphatic heterocycles. The lowest BCUT2D eigenvalue weighted by molar-refractivity contribution is 0.837. The van der Waals surface area contributed by atoms with Crippen molar-refractivity contribution in [3.05, 3.63) is 28.1 Å². The Hall–Kier alpha value is -0.650. The molecule has 0 unspecified atom stereocenters. The molecule has 0 spiro atoms. The van der Waals surface area contributed by atoms with Gasteiger partial charge in [-0.25, -0.2) is 4.52 Å². The first-order valence-electron chi connectivity index (χ1n) is 2.83. The minimum absolute atomic E-state index is 1.03. The van der Waals surface area contributed by atoms with Crippen LogP contribution in [0.4, 0.5) is 0 Å². The van der Waals surface area contributed by atoms with Crippen molar-refractivity contribution < 1.29 is 0 Å². The third-order valence-corrected chi connectivity index (χ3v) is 2.10. The van der Waals surface area contributed by atoms with Gasteiger partial charge in [0, 0.05) is 0 Å². The molecule has 2 aromatic rings. The molecule has 50 valence electrons. The Morgan fingerprint density at radius 3 is 3.10 bits per heavy atom. The summed E-state index contributed by atoms with van der Waals surface area (Å²) in [6.07, 6.45) is 1.74. The predicted octanol–water partition coefficient (Wildman–Crippen LogP) is 1.33. The highest BCUT2D eigenvalue weighted by atomic mass is 127. The molecule has 0 N–H and O–H groups in total. The van der Waals surface area contributed by atoms with Gasteiger partial charge in [-0.15, -0.1) is 5.10 Å². The highest BCUT2D eigenvalue weighted by Crippen LogP contribution is 2.06. The van der Waals surface area contributed by atoms with Crippen molar-refractivity contribution in [1.82, 2.24) is 14.8 Å². The Kier molecular flexibility index (Phi) is 1.33. The summed E-state index contributed by atoms with van der Waals surface area (Å²) < 4.78 is 2.87. The zero-order valence-corrected chi connectivity index (χ0v) is 7.19. The van der Waals surface area contributed by atoms with E-state index in [9.17, 15) is 0 Å². The molecule has 2 aromatic heterocycles. The van der Waals surface area contributed by atoms with E-state index in [-0.39, 0.29) is 0 Å². The first-order chi connectivity index (χ1) is 4.88. The monoisotopic (exact) mass is 245 g/mol. The van der Waals surface area contributed by atoms with E-state index in [1.54, 1.807) is 10.7 Å². The third-order valence-electron chi connectivity index (χ3n) is 1.28. The van der Waals surface area contributed by atoms with Gasteiger partial charge in [0.2, 0.25) is 0 Å². The maximum Gasteiger partial charge on any atom is 0.105 e. The molecule has 0 amide bonds. The largest absolute Gasteiger partial charge is 0.207 e. The van der Waals surface area contributed by atoms with Crippen LogP contribution < -0.4 is 0 Å². The lowest BCUT2D eigenvalue weighted by atomic mass is 10.4. The molecule has 0 saturated carbocycles. The number of pyridine rings is 1. The van der Waals surface area contributed by atoms with Gasteiger partial charge in [0.15, 0.2) is 0 Å². The van der Waals surface area contributed by atoms with Crippen LogP contribution in [-0.2, 0) is 0 Å². The fourth-order valence-corrected chi connectivity index (χ4v) is 1.40. The van der Waals surface area contributed by atoms with Crippen molar-refractivity contribution in [2.75, 3.05) is 0 Å².